The Hall–Kier alpha value is -2.34. The summed E-state index contributed by atoms with van der Waals surface area (Å²) in [7, 11) is 0. The molecule has 0 aliphatic rings. The molecule has 1 unspecified atom stereocenters. The number of halogens is 2. The molecular formula is C20H24FIN4O. The van der Waals surface area contributed by atoms with Crippen LogP contribution in [0.2, 0.25) is 0 Å². The van der Waals surface area contributed by atoms with Crippen LogP contribution in [-0.2, 0) is 6.54 Å². The van der Waals surface area contributed by atoms with Crippen LogP contribution in [0.1, 0.15) is 25.0 Å². The second-order valence-corrected chi connectivity index (χ2v) is 5.75. The third-order valence-electron chi connectivity index (χ3n) is 3.54. The van der Waals surface area contributed by atoms with Gasteiger partial charge in [-0.15, -0.1) is 24.0 Å². The lowest BCUT2D eigenvalue weighted by atomic mass is 10.1. The van der Waals surface area contributed by atoms with Crippen molar-refractivity contribution in [3.8, 4) is 11.8 Å². The van der Waals surface area contributed by atoms with Gasteiger partial charge in [-0.3, -0.25) is 0 Å². The third kappa shape index (κ3) is 7.83. The van der Waals surface area contributed by atoms with E-state index in [0.717, 1.165) is 5.56 Å². The summed E-state index contributed by atoms with van der Waals surface area (Å²) in [6.07, 6.45) is -0.238. The SMILES string of the molecule is CCNC(=NCc1cccc(C#N)c1)NCC(C)Oc1ccccc1F.I. The van der Waals surface area contributed by atoms with Crippen molar-refractivity contribution < 1.29 is 9.13 Å². The fraction of sp³-hybridized carbons (Fsp3) is 0.300. The van der Waals surface area contributed by atoms with Crippen molar-refractivity contribution >= 4 is 29.9 Å². The highest BCUT2D eigenvalue weighted by Gasteiger charge is 2.09. The second-order valence-electron chi connectivity index (χ2n) is 5.75. The molecule has 2 N–H and O–H groups in total. The Morgan fingerprint density at radius 2 is 2.00 bits per heavy atom. The lowest BCUT2D eigenvalue weighted by molar-refractivity contribution is 0.214. The maximum atomic E-state index is 13.6. The third-order valence-corrected chi connectivity index (χ3v) is 3.54. The van der Waals surface area contributed by atoms with Gasteiger partial charge in [0.05, 0.1) is 24.7 Å². The predicted octanol–water partition coefficient (Wildman–Crippen LogP) is 3.84. The first kappa shape index (κ1) is 22.7. The quantitative estimate of drug-likeness (QED) is 0.358. The van der Waals surface area contributed by atoms with E-state index in [-0.39, 0.29) is 41.6 Å². The summed E-state index contributed by atoms with van der Waals surface area (Å²) in [6, 6.07) is 15.8. The Morgan fingerprint density at radius 1 is 1.22 bits per heavy atom. The largest absolute Gasteiger partial charge is 0.486 e. The van der Waals surface area contributed by atoms with Gasteiger partial charge in [-0.2, -0.15) is 5.26 Å². The number of hydrogen-bond acceptors (Lipinski definition) is 3. The number of nitriles is 1. The lowest BCUT2D eigenvalue weighted by Crippen LogP contribution is -2.41. The van der Waals surface area contributed by atoms with Crippen molar-refractivity contribution in [2.24, 2.45) is 4.99 Å². The van der Waals surface area contributed by atoms with Crippen molar-refractivity contribution in [3.05, 3.63) is 65.5 Å². The van der Waals surface area contributed by atoms with Gasteiger partial charge in [-0.1, -0.05) is 24.3 Å². The van der Waals surface area contributed by atoms with Crippen LogP contribution in [0.3, 0.4) is 0 Å². The van der Waals surface area contributed by atoms with Gasteiger partial charge in [0.2, 0.25) is 0 Å². The molecular weight excluding hydrogens is 458 g/mol. The molecule has 0 heterocycles. The summed E-state index contributed by atoms with van der Waals surface area (Å²) in [5.74, 6) is 0.494. The molecule has 2 aromatic rings. The normalized spacial score (nSPS) is 11.7. The first-order chi connectivity index (χ1) is 12.6. The van der Waals surface area contributed by atoms with E-state index in [2.05, 4.69) is 21.7 Å². The molecule has 0 saturated carbocycles. The van der Waals surface area contributed by atoms with Crippen LogP contribution in [0.15, 0.2) is 53.5 Å². The zero-order valence-corrected chi connectivity index (χ0v) is 17.7. The number of para-hydroxylation sites is 1. The molecule has 0 aliphatic carbocycles. The highest BCUT2D eigenvalue weighted by molar-refractivity contribution is 14.0. The van der Waals surface area contributed by atoms with Crippen LogP contribution >= 0.6 is 24.0 Å². The van der Waals surface area contributed by atoms with Crippen LogP contribution in [0.4, 0.5) is 4.39 Å². The zero-order valence-electron chi connectivity index (χ0n) is 15.4. The second kappa shape index (κ2) is 12.1. The van der Waals surface area contributed by atoms with Gasteiger partial charge < -0.3 is 15.4 Å². The first-order valence-electron chi connectivity index (χ1n) is 8.54. The van der Waals surface area contributed by atoms with E-state index in [1.54, 1.807) is 24.3 Å². The number of guanidine groups is 1. The summed E-state index contributed by atoms with van der Waals surface area (Å²) < 4.78 is 19.2. The monoisotopic (exact) mass is 482 g/mol. The number of benzene rings is 2. The van der Waals surface area contributed by atoms with Gasteiger partial charge >= 0.3 is 0 Å². The summed E-state index contributed by atoms with van der Waals surface area (Å²) in [5.41, 5.74) is 1.57. The minimum absolute atomic E-state index is 0. The zero-order chi connectivity index (χ0) is 18.8. The van der Waals surface area contributed by atoms with E-state index < -0.39 is 0 Å². The summed E-state index contributed by atoms with van der Waals surface area (Å²) in [6.45, 7) is 5.48. The number of hydrogen-bond donors (Lipinski definition) is 2. The number of rotatable bonds is 7. The van der Waals surface area contributed by atoms with Crippen molar-refractivity contribution in [2.45, 2.75) is 26.5 Å². The van der Waals surface area contributed by atoms with Crippen molar-refractivity contribution in [3.63, 3.8) is 0 Å². The lowest BCUT2D eigenvalue weighted by Gasteiger charge is -2.18. The Bertz CT molecular complexity index is 792. The van der Waals surface area contributed by atoms with Crippen LogP contribution < -0.4 is 15.4 Å². The molecule has 0 bridgehead atoms. The van der Waals surface area contributed by atoms with E-state index in [0.29, 0.717) is 31.2 Å². The number of nitrogens with one attached hydrogen (secondary N) is 2. The van der Waals surface area contributed by atoms with E-state index >= 15 is 0 Å². The molecule has 0 aromatic heterocycles. The predicted molar refractivity (Wildman–Crippen MR) is 116 cm³/mol. The minimum Gasteiger partial charge on any atom is -0.486 e. The highest BCUT2D eigenvalue weighted by atomic mass is 127. The highest BCUT2D eigenvalue weighted by Crippen LogP contribution is 2.16. The number of nitrogens with zero attached hydrogens (tertiary/aromatic N) is 2. The van der Waals surface area contributed by atoms with Crippen LogP contribution in [0, 0.1) is 17.1 Å². The van der Waals surface area contributed by atoms with Gasteiger partial charge in [0.15, 0.2) is 17.5 Å². The molecule has 1 atom stereocenters. The average Bonchev–Trinajstić information content (AvgIpc) is 2.66. The molecule has 2 aromatic carbocycles. The number of ether oxygens (including phenoxy) is 1. The van der Waals surface area contributed by atoms with E-state index in [1.807, 2.05) is 32.0 Å². The molecule has 27 heavy (non-hydrogen) atoms. The molecule has 0 aliphatic heterocycles. The maximum absolute atomic E-state index is 13.6. The molecule has 2 rings (SSSR count). The average molecular weight is 482 g/mol. The smallest absolute Gasteiger partial charge is 0.191 e. The molecule has 0 spiro atoms. The summed E-state index contributed by atoms with van der Waals surface area (Å²) in [5, 5.41) is 15.3. The van der Waals surface area contributed by atoms with E-state index in [9.17, 15) is 4.39 Å². The van der Waals surface area contributed by atoms with Crippen LogP contribution in [0.25, 0.3) is 0 Å². The Balaban J connectivity index is 0.00000364. The van der Waals surface area contributed by atoms with Crippen LogP contribution in [0.5, 0.6) is 5.75 Å². The topological polar surface area (TPSA) is 69.4 Å². The Morgan fingerprint density at radius 3 is 2.70 bits per heavy atom. The van der Waals surface area contributed by atoms with Gasteiger partial charge in [0, 0.05) is 6.54 Å². The standard InChI is InChI=1S/C20H23FN4O.HI/c1-3-23-20(25-14-17-8-6-7-16(11-17)12-22)24-13-15(2)26-19-10-5-4-9-18(19)21;/h4-11,15H,3,13-14H2,1-2H3,(H2,23,24,25);1H. The summed E-state index contributed by atoms with van der Waals surface area (Å²) >= 11 is 0. The van der Waals surface area contributed by atoms with Gasteiger partial charge in [0.25, 0.3) is 0 Å². The first-order valence-corrected chi connectivity index (χ1v) is 8.54. The van der Waals surface area contributed by atoms with Crippen molar-refractivity contribution in [1.82, 2.24) is 10.6 Å². The van der Waals surface area contributed by atoms with Gasteiger partial charge in [-0.05, 0) is 43.7 Å². The van der Waals surface area contributed by atoms with E-state index in [1.165, 1.54) is 6.07 Å². The summed E-state index contributed by atoms with van der Waals surface area (Å²) in [4.78, 5) is 4.51. The molecule has 0 amide bonds. The number of aliphatic imine (C=N–C) groups is 1. The minimum atomic E-state index is -0.378. The Labute approximate surface area is 176 Å². The van der Waals surface area contributed by atoms with Crippen molar-refractivity contribution in [2.75, 3.05) is 13.1 Å². The van der Waals surface area contributed by atoms with Crippen LogP contribution in [-0.4, -0.2) is 25.2 Å². The van der Waals surface area contributed by atoms with Crippen molar-refractivity contribution in [1.29, 1.82) is 5.26 Å². The fourth-order valence-electron chi connectivity index (χ4n) is 2.29. The van der Waals surface area contributed by atoms with Gasteiger partial charge in [-0.25, -0.2) is 9.38 Å². The van der Waals surface area contributed by atoms with E-state index in [4.69, 9.17) is 10.00 Å². The molecule has 144 valence electrons. The Kier molecular flexibility index (Phi) is 10.2. The molecule has 0 radical (unpaired) electrons. The molecule has 7 heteroatoms. The molecule has 0 saturated heterocycles. The van der Waals surface area contributed by atoms with Gasteiger partial charge in [0.1, 0.15) is 6.10 Å². The fourth-order valence-corrected chi connectivity index (χ4v) is 2.29. The molecule has 0 fully saturated rings. The maximum Gasteiger partial charge on any atom is 0.191 e. The molecule has 5 nitrogen and oxygen atoms in total.